The molecule has 1 rings (SSSR count). The normalized spacial score (nSPS) is 31.9. The second-order valence-corrected chi connectivity index (χ2v) is 4.40. The Morgan fingerprint density at radius 1 is 1.69 bits per heavy atom. The van der Waals surface area contributed by atoms with Gasteiger partial charge in [0.25, 0.3) is 0 Å². The fraction of sp³-hybridized carbons (Fsp3) is 0.900. The van der Waals surface area contributed by atoms with Gasteiger partial charge in [0.1, 0.15) is 0 Å². The molecule has 0 aromatic heterocycles. The quantitative estimate of drug-likeness (QED) is 0.710. The van der Waals surface area contributed by atoms with Gasteiger partial charge in [-0.2, -0.15) is 0 Å². The maximum absolute atomic E-state index is 11.2. The number of nitrogens with two attached hydrogens (primary N) is 1. The van der Waals surface area contributed by atoms with E-state index in [9.17, 15) is 4.79 Å². The number of carbonyl (C=O) groups is 1. The lowest BCUT2D eigenvalue weighted by Gasteiger charge is -2.25. The average Bonchev–Trinajstić information content (AvgIpc) is 2.48. The maximum atomic E-state index is 11.2. The molecule has 1 amide bonds. The zero-order valence-electron chi connectivity index (χ0n) is 8.84. The molecule has 1 fully saturated rings. The Kier molecular flexibility index (Phi) is 2.96. The third-order valence-corrected chi connectivity index (χ3v) is 3.31. The van der Waals surface area contributed by atoms with Crippen molar-refractivity contribution in [2.45, 2.75) is 39.7 Å². The summed E-state index contributed by atoms with van der Waals surface area (Å²) in [5.74, 6) is -0.154. The Labute approximate surface area is 80.3 Å². The molecule has 0 aromatic carbocycles. The van der Waals surface area contributed by atoms with Crippen LogP contribution in [-0.2, 0) is 4.79 Å². The fourth-order valence-corrected chi connectivity index (χ4v) is 1.83. The molecule has 1 aliphatic heterocycles. The molecule has 0 bridgehead atoms. The SMILES string of the molecule is CCC(C)N1CCC(C)(C(N)=O)C1. The van der Waals surface area contributed by atoms with E-state index in [0.29, 0.717) is 6.04 Å². The van der Waals surface area contributed by atoms with E-state index < -0.39 is 0 Å². The van der Waals surface area contributed by atoms with E-state index >= 15 is 0 Å². The number of likely N-dealkylation sites (tertiary alicyclic amines) is 1. The number of nitrogens with zero attached hydrogens (tertiary/aromatic N) is 1. The molecule has 1 aliphatic rings. The molecular formula is C10H20N2O. The van der Waals surface area contributed by atoms with Crippen LogP contribution in [-0.4, -0.2) is 29.9 Å². The van der Waals surface area contributed by atoms with E-state index in [-0.39, 0.29) is 11.3 Å². The van der Waals surface area contributed by atoms with Crippen molar-refractivity contribution in [3.05, 3.63) is 0 Å². The molecule has 3 nitrogen and oxygen atoms in total. The molecule has 0 aliphatic carbocycles. The standard InChI is InChI=1S/C10H20N2O/c1-4-8(2)12-6-5-10(3,7-12)9(11)13/h8H,4-7H2,1-3H3,(H2,11,13). The molecule has 2 unspecified atom stereocenters. The van der Waals surface area contributed by atoms with E-state index in [1.807, 2.05) is 6.92 Å². The molecule has 0 spiro atoms. The van der Waals surface area contributed by atoms with Crippen LogP contribution in [0.3, 0.4) is 0 Å². The minimum atomic E-state index is -0.288. The van der Waals surface area contributed by atoms with Crippen LogP contribution in [0.5, 0.6) is 0 Å². The minimum absolute atomic E-state index is 0.154. The van der Waals surface area contributed by atoms with Crippen LogP contribution in [0.15, 0.2) is 0 Å². The van der Waals surface area contributed by atoms with E-state index in [1.54, 1.807) is 0 Å². The highest BCUT2D eigenvalue weighted by atomic mass is 16.1. The van der Waals surface area contributed by atoms with Crippen LogP contribution in [0.25, 0.3) is 0 Å². The second kappa shape index (κ2) is 3.66. The summed E-state index contributed by atoms with van der Waals surface area (Å²) in [5.41, 5.74) is 5.08. The third kappa shape index (κ3) is 2.02. The van der Waals surface area contributed by atoms with Crippen molar-refractivity contribution < 1.29 is 4.79 Å². The van der Waals surface area contributed by atoms with E-state index in [2.05, 4.69) is 18.7 Å². The van der Waals surface area contributed by atoms with E-state index in [1.165, 1.54) is 0 Å². The van der Waals surface area contributed by atoms with E-state index in [4.69, 9.17) is 5.73 Å². The molecule has 0 aromatic rings. The zero-order valence-corrected chi connectivity index (χ0v) is 8.84. The molecule has 1 saturated heterocycles. The van der Waals surface area contributed by atoms with Gasteiger partial charge < -0.3 is 5.73 Å². The second-order valence-electron chi connectivity index (χ2n) is 4.40. The van der Waals surface area contributed by atoms with Crippen molar-refractivity contribution in [2.24, 2.45) is 11.1 Å². The fourth-order valence-electron chi connectivity index (χ4n) is 1.83. The highest BCUT2D eigenvalue weighted by molar-refractivity contribution is 5.81. The van der Waals surface area contributed by atoms with Gasteiger partial charge in [-0.25, -0.2) is 0 Å². The predicted octanol–water partition coefficient (Wildman–Crippen LogP) is 0.982. The van der Waals surface area contributed by atoms with Gasteiger partial charge in [-0.15, -0.1) is 0 Å². The Morgan fingerprint density at radius 2 is 2.31 bits per heavy atom. The van der Waals surface area contributed by atoms with E-state index in [0.717, 1.165) is 25.9 Å². The highest BCUT2D eigenvalue weighted by Gasteiger charge is 2.39. The maximum Gasteiger partial charge on any atom is 0.224 e. The molecule has 0 saturated carbocycles. The summed E-state index contributed by atoms with van der Waals surface area (Å²) in [4.78, 5) is 13.5. The third-order valence-electron chi connectivity index (χ3n) is 3.31. The highest BCUT2D eigenvalue weighted by Crippen LogP contribution is 2.30. The van der Waals surface area contributed by atoms with Crippen LogP contribution < -0.4 is 5.73 Å². The van der Waals surface area contributed by atoms with Crippen molar-refractivity contribution in [2.75, 3.05) is 13.1 Å². The minimum Gasteiger partial charge on any atom is -0.369 e. The molecule has 1 heterocycles. The number of carbonyl (C=O) groups excluding carboxylic acids is 1. The van der Waals surface area contributed by atoms with Gasteiger partial charge >= 0.3 is 0 Å². The van der Waals surface area contributed by atoms with Crippen LogP contribution in [0.4, 0.5) is 0 Å². The van der Waals surface area contributed by atoms with Gasteiger partial charge in [0.15, 0.2) is 0 Å². The van der Waals surface area contributed by atoms with Crippen LogP contribution in [0, 0.1) is 5.41 Å². The van der Waals surface area contributed by atoms with Crippen LogP contribution in [0.1, 0.15) is 33.6 Å². The summed E-state index contributed by atoms with van der Waals surface area (Å²) in [7, 11) is 0. The first kappa shape index (κ1) is 10.5. The molecule has 3 heteroatoms. The van der Waals surface area contributed by atoms with Crippen molar-refractivity contribution in [3.8, 4) is 0 Å². The first-order valence-corrected chi connectivity index (χ1v) is 5.03. The lowest BCUT2D eigenvalue weighted by molar-refractivity contribution is -0.126. The summed E-state index contributed by atoms with van der Waals surface area (Å²) in [6, 6.07) is 0.571. The number of primary amides is 1. The first-order valence-electron chi connectivity index (χ1n) is 5.03. The summed E-state index contributed by atoms with van der Waals surface area (Å²) in [5, 5.41) is 0. The molecule has 2 atom stereocenters. The lowest BCUT2D eigenvalue weighted by Crippen LogP contribution is -2.39. The largest absolute Gasteiger partial charge is 0.369 e. The predicted molar refractivity (Wildman–Crippen MR) is 53.2 cm³/mol. The smallest absolute Gasteiger partial charge is 0.224 e. The summed E-state index contributed by atoms with van der Waals surface area (Å²) >= 11 is 0. The molecule has 2 N–H and O–H groups in total. The average molecular weight is 184 g/mol. The Hall–Kier alpha value is -0.570. The van der Waals surface area contributed by atoms with Crippen molar-refractivity contribution >= 4 is 5.91 Å². The Balaban J connectivity index is 2.58. The van der Waals surface area contributed by atoms with Crippen LogP contribution in [0.2, 0.25) is 0 Å². The summed E-state index contributed by atoms with van der Waals surface area (Å²) < 4.78 is 0. The van der Waals surface area contributed by atoms with Gasteiger partial charge in [0, 0.05) is 12.6 Å². The topological polar surface area (TPSA) is 46.3 Å². The zero-order chi connectivity index (χ0) is 10.1. The molecule has 13 heavy (non-hydrogen) atoms. The summed E-state index contributed by atoms with van der Waals surface area (Å²) in [6.45, 7) is 8.18. The number of amides is 1. The number of hydrogen-bond acceptors (Lipinski definition) is 2. The Morgan fingerprint density at radius 3 is 2.69 bits per heavy atom. The summed E-state index contributed by atoms with van der Waals surface area (Å²) in [6.07, 6.45) is 2.04. The van der Waals surface area contributed by atoms with Crippen molar-refractivity contribution in [3.63, 3.8) is 0 Å². The van der Waals surface area contributed by atoms with Crippen molar-refractivity contribution in [1.82, 2.24) is 4.90 Å². The molecule has 0 radical (unpaired) electrons. The number of rotatable bonds is 3. The van der Waals surface area contributed by atoms with Gasteiger partial charge in [-0.1, -0.05) is 6.92 Å². The van der Waals surface area contributed by atoms with Crippen molar-refractivity contribution in [1.29, 1.82) is 0 Å². The number of hydrogen-bond donors (Lipinski definition) is 1. The monoisotopic (exact) mass is 184 g/mol. The first-order chi connectivity index (χ1) is 5.99. The van der Waals surface area contributed by atoms with Gasteiger partial charge in [0.05, 0.1) is 5.41 Å². The Bertz CT molecular complexity index is 205. The molecule has 76 valence electrons. The van der Waals surface area contributed by atoms with Crippen LogP contribution >= 0.6 is 0 Å². The van der Waals surface area contributed by atoms with Gasteiger partial charge in [0.2, 0.25) is 5.91 Å². The molecular weight excluding hydrogens is 164 g/mol. The van der Waals surface area contributed by atoms with Gasteiger partial charge in [-0.05, 0) is 33.2 Å². The van der Waals surface area contributed by atoms with Gasteiger partial charge in [-0.3, -0.25) is 9.69 Å². The lowest BCUT2D eigenvalue weighted by atomic mass is 9.89.